The van der Waals surface area contributed by atoms with Crippen molar-refractivity contribution in [1.82, 2.24) is 5.48 Å². The highest BCUT2D eigenvalue weighted by molar-refractivity contribution is 5.93. The molecule has 1 aromatic carbocycles. The normalized spacial score (nSPS) is 10.3. The second-order valence-corrected chi connectivity index (χ2v) is 3.41. The molecule has 0 radical (unpaired) electrons. The standard InChI is InChI=1S/C11H15NO2/c1-8(2)9-4-6-10(7-5-9)11(13)12-14-3/h4-8H,1-3H3,(H,12,13). The highest BCUT2D eigenvalue weighted by Crippen LogP contribution is 2.14. The van der Waals surface area contributed by atoms with E-state index < -0.39 is 0 Å². The summed E-state index contributed by atoms with van der Waals surface area (Å²) in [4.78, 5) is 15.8. The summed E-state index contributed by atoms with van der Waals surface area (Å²) in [6.07, 6.45) is 0. The molecule has 1 aromatic rings. The summed E-state index contributed by atoms with van der Waals surface area (Å²) < 4.78 is 0. The van der Waals surface area contributed by atoms with Crippen LogP contribution in [-0.2, 0) is 4.84 Å². The number of benzene rings is 1. The van der Waals surface area contributed by atoms with E-state index in [9.17, 15) is 4.79 Å². The molecule has 1 amide bonds. The van der Waals surface area contributed by atoms with Crippen LogP contribution < -0.4 is 5.48 Å². The Hall–Kier alpha value is -1.35. The van der Waals surface area contributed by atoms with Gasteiger partial charge < -0.3 is 0 Å². The SMILES string of the molecule is CONC(=O)c1ccc(C(C)C)cc1. The molecule has 0 bridgehead atoms. The molecule has 0 aliphatic rings. The number of hydroxylamine groups is 1. The molecule has 0 aliphatic heterocycles. The Morgan fingerprint density at radius 1 is 1.29 bits per heavy atom. The lowest BCUT2D eigenvalue weighted by atomic mass is 10.0. The molecule has 3 nitrogen and oxygen atoms in total. The zero-order chi connectivity index (χ0) is 10.6. The maximum Gasteiger partial charge on any atom is 0.274 e. The zero-order valence-corrected chi connectivity index (χ0v) is 8.70. The topological polar surface area (TPSA) is 38.3 Å². The maximum atomic E-state index is 11.3. The van der Waals surface area contributed by atoms with E-state index in [2.05, 4.69) is 24.2 Å². The molecule has 3 heteroatoms. The lowest BCUT2D eigenvalue weighted by Gasteiger charge is -2.06. The predicted octanol–water partition coefficient (Wildman–Crippen LogP) is 2.10. The van der Waals surface area contributed by atoms with Crippen molar-refractivity contribution in [2.45, 2.75) is 19.8 Å². The van der Waals surface area contributed by atoms with Crippen molar-refractivity contribution in [2.75, 3.05) is 7.11 Å². The summed E-state index contributed by atoms with van der Waals surface area (Å²) in [5, 5.41) is 0. The van der Waals surface area contributed by atoms with Gasteiger partial charge >= 0.3 is 0 Å². The molecule has 76 valence electrons. The minimum atomic E-state index is -0.220. The zero-order valence-electron chi connectivity index (χ0n) is 8.70. The quantitative estimate of drug-likeness (QED) is 0.746. The van der Waals surface area contributed by atoms with Crippen molar-refractivity contribution < 1.29 is 9.63 Å². The Balaban J connectivity index is 2.78. The van der Waals surface area contributed by atoms with Gasteiger partial charge in [-0.05, 0) is 23.6 Å². The molecular weight excluding hydrogens is 178 g/mol. The summed E-state index contributed by atoms with van der Waals surface area (Å²) >= 11 is 0. The van der Waals surface area contributed by atoms with Crippen molar-refractivity contribution in [1.29, 1.82) is 0 Å². The first-order valence-corrected chi connectivity index (χ1v) is 4.58. The van der Waals surface area contributed by atoms with Gasteiger partial charge in [0.1, 0.15) is 0 Å². The molecule has 1 rings (SSSR count). The van der Waals surface area contributed by atoms with Gasteiger partial charge in [0.2, 0.25) is 0 Å². The van der Waals surface area contributed by atoms with Crippen molar-refractivity contribution in [3.8, 4) is 0 Å². The Kier molecular flexibility index (Phi) is 3.65. The van der Waals surface area contributed by atoms with Crippen LogP contribution in [0.3, 0.4) is 0 Å². The molecule has 0 heterocycles. The van der Waals surface area contributed by atoms with Crippen LogP contribution in [-0.4, -0.2) is 13.0 Å². The van der Waals surface area contributed by atoms with Crippen LogP contribution in [0.2, 0.25) is 0 Å². The molecule has 1 N–H and O–H groups in total. The monoisotopic (exact) mass is 193 g/mol. The number of carbonyl (C=O) groups is 1. The fourth-order valence-electron chi connectivity index (χ4n) is 1.17. The van der Waals surface area contributed by atoms with Crippen molar-refractivity contribution in [3.05, 3.63) is 35.4 Å². The Morgan fingerprint density at radius 3 is 2.29 bits per heavy atom. The number of nitrogens with one attached hydrogen (secondary N) is 1. The number of amides is 1. The van der Waals surface area contributed by atoms with E-state index in [0.717, 1.165) is 0 Å². The molecule has 0 aromatic heterocycles. The third-order valence-electron chi connectivity index (χ3n) is 2.03. The average Bonchev–Trinajstić information content (AvgIpc) is 2.18. The van der Waals surface area contributed by atoms with Crippen LogP contribution >= 0.6 is 0 Å². The van der Waals surface area contributed by atoms with Crippen LogP contribution in [0.4, 0.5) is 0 Å². The third kappa shape index (κ3) is 2.57. The lowest BCUT2D eigenvalue weighted by Crippen LogP contribution is -2.21. The first-order valence-electron chi connectivity index (χ1n) is 4.58. The Labute approximate surface area is 84.0 Å². The molecule has 0 aliphatic carbocycles. The molecule has 0 saturated heterocycles. The minimum absolute atomic E-state index is 0.220. The summed E-state index contributed by atoms with van der Waals surface area (Å²) in [6.45, 7) is 4.23. The molecule has 14 heavy (non-hydrogen) atoms. The number of rotatable bonds is 3. The second-order valence-electron chi connectivity index (χ2n) is 3.41. The van der Waals surface area contributed by atoms with Crippen molar-refractivity contribution >= 4 is 5.91 Å². The van der Waals surface area contributed by atoms with E-state index in [1.807, 2.05) is 12.1 Å². The van der Waals surface area contributed by atoms with E-state index in [1.165, 1.54) is 12.7 Å². The highest BCUT2D eigenvalue weighted by atomic mass is 16.6. The fraction of sp³-hybridized carbons (Fsp3) is 0.364. The van der Waals surface area contributed by atoms with Gasteiger partial charge in [0.15, 0.2) is 0 Å². The smallest absolute Gasteiger partial charge is 0.274 e. The van der Waals surface area contributed by atoms with Crippen LogP contribution in [0.15, 0.2) is 24.3 Å². The Bertz CT molecular complexity index is 304. The molecule has 0 fully saturated rings. The van der Waals surface area contributed by atoms with E-state index in [0.29, 0.717) is 11.5 Å². The van der Waals surface area contributed by atoms with Gasteiger partial charge in [-0.1, -0.05) is 26.0 Å². The number of hydrogen-bond acceptors (Lipinski definition) is 2. The highest BCUT2D eigenvalue weighted by Gasteiger charge is 2.05. The second kappa shape index (κ2) is 4.77. The third-order valence-corrected chi connectivity index (χ3v) is 2.03. The number of hydrogen-bond donors (Lipinski definition) is 1. The Morgan fingerprint density at radius 2 is 1.86 bits per heavy atom. The maximum absolute atomic E-state index is 11.3. The minimum Gasteiger partial charge on any atom is -0.277 e. The predicted molar refractivity (Wildman–Crippen MR) is 55.0 cm³/mol. The van der Waals surface area contributed by atoms with E-state index in [4.69, 9.17) is 0 Å². The van der Waals surface area contributed by atoms with Gasteiger partial charge in [0.25, 0.3) is 5.91 Å². The lowest BCUT2D eigenvalue weighted by molar-refractivity contribution is 0.0537. The molecule has 0 unspecified atom stereocenters. The van der Waals surface area contributed by atoms with E-state index >= 15 is 0 Å². The molecular formula is C11H15NO2. The van der Waals surface area contributed by atoms with E-state index in [1.54, 1.807) is 12.1 Å². The summed E-state index contributed by atoms with van der Waals surface area (Å²) in [5.41, 5.74) is 4.10. The largest absolute Gasteiger partial charge is 0.277 e. The van der Waals surface area contributed by atoms with Gasteiger partial charge in [-0.2, -0.15) is 0 Å². The van der Waals surface area contributed by atoms with Gasteiger partial charge in [-0.3, -0.25) is 9.63 Å². The van der Waals surface area contributed by atoms with E-state index in [-0.39, 0.29) is 5.91 Å². The van der Waals surface area contributed by atoms with Crippen molar-refractivity contribution in [3.63, 3.8) is 0 Å². The first-order chi connectivity index (χ1) is 6.65. The first kappa shape index (κ1) is 10.7. The fourth-order valence-corrected chi connectivity index (χ4v) is 1.17. The van der Waals surface area contributed by atoms with Gasteiger partial charge in [0.05, 0.1) is 7.11 Å². The summed E-state index contributed by atoms with van der Waals surface area (Å²) in [5.74, 6) is 0.261. The van der Waals surface area contributed by atoms with Gasteiger partial charge in [0, 0.05) is 5.56 Å². The molecule has 0 atom stereocenters. The number of carbonyl (C=O) groups excluding carboxylic acids is 1. The molecule has 0 spiro atoms. The van der Waals surface area contributed by atoms with Gasteiger partial charge in [-0.25, -0.2) is 5.48 Å². The summed E-state index contributed by atoms with van der Waals surface area (Å²) in [6, 6.07) is 7.50. The van der Waals surface area contributed by atoms with Crippen LogP contribution in [0.5, 0.6) is 0 Å². The molecule has 0 saturated carbocycles. The van der Waals surface area contributed by atoms with Gasteiger partial charge in [-0.15, -0.1) is 0 Å². The average molecular weight is 193 g/mol. The van der Waals surface area contributed by atoms with Crippen LogP contribution in [0.25, 0.3) is 0 Å². The summed E-state index contributed by atoms with van der Waals surface area (Å²) in [7, 11) is 1.42. The van der Waals surface area contributed by atoms with Crippen molar-refractivity contribution in [2.24, 2.45) is 0 Å². The van der Waals surface area contributed by atoms with Crippen LogP contribution in [0, 0.1) is 0 Å². The van der Waals surface area contributed by atoms with Crippen LogP contribution in [0.1, 0.15) is 35.7 Å².